The molecular weight excluding hydrogens is 574 g/mol. The number of aliphatic hydroxyl groups is 1. The average Bonchev–Trinajstić information content (AvgIpc) is 3.23. The first-order valence-corrected chi connectivity index (χ1v) is 13.5. The molecule has 0 radical (unpaired) electrons. The number of halogens is 2. The molecule has 198 valence electrons. The maximum atomic E-state index is 13.2. The zero-order chi connectivity index (χ0) is 26.6. The van der Waals surface area contributed by atoms with E-state index in [1.54, 1.807) is 12.3 Å². The van der Waals surface area contributed by atoms with Gasteiger partial charge in [-0.2, -0.15) is 0 Å². The van der Waals surface area contributed by atoms with Gasteiger partial charge in [0.1, 0.15) is 6.54 Å². The summed E-state index contributed by atoms with van der Waals surface area (Å²) >= 11 is 9.81. The van der Waals surface area contributed by atoms with E-state index >= 15 is 0 Å². The van der Waals surface area contributed by atoms with Crippen LogP contribution in [0.4, 0.5) is 5.95 Å². The quantitative estimate of drug-likeness (QED) is 0.358. The third-order valence-corrected chi connectivity index (χ3v) is 7.49. The normalized spacial score (nSPS) is 16.3. The van der Waals surface area contributed by atoms with Crippen LogP contribution in [-0.4, -0.2) is 64.2 Å². The van der Waals surface area contributed by atoms with Gasteiger partial charge in [0.05, 0.1) is 29.6 Å². The molecule has 1 atom stereocenters. The Morgan fingerprint density at radius 3 is 2.71 bits per heavy atom. The number of ether oxygens (including phenoxy) is 1. The molecule has 1 unspecified atom stereocenters. The van der Waals surface area contributed by atoms with Crippen molar-refractivity contribution in [2.45, 2.75) is 31.5 Å². The van der Waals surface area contributed by atoms with Crippen molar-refractivity contribution >= 4 is 45.3 Å². The lowest BCUT2D eigenvalue weighted by Crippen LogP contribution is -2.40. The summed E-state index contributed by atoms with van der Waals surface area (Å²) < 4.78 is 6.31. The number of nitrogens with one attached hydrogen (secondary N) is 2. The molecule has 0 bridgehead atoms. The van der Waals surface area contributed by atoms with Crippen LogP contribution in [0.15, 0.2) is 53.1 Å². The summed E-state index contributed by atoms with van der Waals surface area (Å²) in [5, 5.41) is 16.3. The molecule has 3 aromatic rings. The molecule has 3 N–H and O–H groups in total. The second-order valence-electron chi connectivity index (χ2n) is 9.31. The third-order valence-electron chi connectivity index (χ3n) is 6.69. The van der Waals surface area contributed by atoms with Gasteiger partial charge in [0.2, 0.25) is 11.9 Å². The SMILES string of the molecule is O=C(CN1Cc2ccc(-c3nc(NC4CCOCC4)ncc3Cl)cc2C1=O)NC(CO)c1ccc(Br)cc1. The van der Waals surface area contributed by atoms with Crippen LogP contribution in [0.5, 0.6) is 0 Å². The number of aromatic nitrogens is 2. The van der Waals surface area contributed by atoms with E-state index in [-0.39, 0.29) is 31.0 Å². The number of rotatable bonds is 8. The Balaban J connectivity index is 1.27. The van der Waals surface area contributed by atoms with Gasteiger partial charge in [-0.1, -0.05) is 51.8 Å². The highest BCUT2D eigenvalue weighted by Gasteiger charge is 2.30. The minimum absolute atomic E-state index is 0.122. The van der Waals surface area contributed by atoms with E-state index in [2.05, 4.69) is 36.5 Å². The predicted molar refractivity (Wildman–Crippen MR) is 147 cm³/mol. The molecule has 1 fully saturated rings. The molecule has 1 saturated heterocycles. The van der Waals surface area contributed by atoms with Crippen molar-refractivity contribution in [3.8, 4) is 11.3 Å². The lowest BCUT2D eigenvalue weighted by molar-refractivity contribution is -0.122. The van der Waals surface area contributed by atoms with Crippen LogP contribution in [0.3, 0.4) is 0 Å². The monoisotopic (exact) mass is 599 g/mol. The maximum Gasteiger partial charge on any atom is 0.254 e. The van der Waals surface area contributed by atoms with Crippen molar-refractivity contribution in [3.63, 3.8) is 0 Å². The van der Waals surface area contributed by atoms with Crippen molar-refractivity contribution in [2.24, 2.45) is 0 Å². The number of hydrogen-bond acceptors (Lipinski definition) is 7. The Labute approximate surface area is 233 Å². The summed E-state index contributed by atoms with van der Waals surface area (Å²) in [6.07, 6.45) is 3.31. The first-order valence-electron chi connectivity index (χ1n) is 12.4. The predicted octanol–water partition coefficient (Wildman–Crippen LogP) is 3.96. The second kappa shape index (κ2) is 11.8. The minimum Gasteiger partial charge on any atom is -0.394 e. The molecule has 0 saturated carbocycles. The zero-order valence-electron chi connectivity index (χ0n) is 20.5. The molecule has 3 heterocycles. The summed E-state index contributed by atoms with van der Waals surface area (Å²) in [5.74, 6) is -0.117. The number of nitrogens with zero attached hydrogens (tertiary/aromatic N) is 3. The molecule has 2 aromatic carbocycles. The lowest BCUT2D eigenvalue weighted by atomic mass is 10.0. The molecule has 9 nitrogen and oxygen atoms in total. The summed E-state index contributed by atoms with van der Waals surface area (Å²) in [6, 6.07) is 12.5. The van der Waals surface area contributed by atoms with Gasteiger partial charge < -0.3 is 25.4 Å². The summed E-state index contributed by atoms with van der Waals surface area (Å²) in [5.41, 5.74) is 3.33. The summed E-state index contributed by atoms with van der Waals surface area (Å²) in [6.45, 7) is 1.34. The number of benzene rings is 2. The van der Waals surface area contributed by atoms with Gasteiger partial charge >= 0.3 is 0 Å². The Bertz CT molecular complexity index is 1330. The first kappa shape index (κ1) is 26.6. The fraction of sp³-hybridized carbons (Fsp3) is 0.333. The van der Waals surface area contributed by atoms with Crippen LogP contribution in [0.2, 0.25) is 5.02 Å². The van der Waals surface area contributed by atoms with E-state index in [4.69, 9.17) is 16.3 Å². The van der Waals surface area contributed by atoms with Crippen molar-refractivity contribution in [1.82, 2.24) is 20.2 Å². The van der Waals surface area contributed by atoms with Crippen LogP contribution >= 0.6 is 27.5 Å². The largest absolute Gasteiger partial charge is 0.394 e. The van der Waals surface area contributed by atoms with Crippen molar-refractivity contribution in [2.75, 3.05) is 31.7 Å². The fourth-order valence-corrected chi connectivity index (χ4v) is 5.11. The van der Waals surface area contributed by atoms with Crippen LogP contribution in [0.25, 0.3) is 11.3 Å². The molecule has 0 spiro atoms. The van der Waals surface area contributed by atoms with Gasteiger partial charge in [-0.05, 0) is 42.2 Å². The van der Waals surface area contributed by atoms with Gasteiger partial charge in [0, 0.05) is 41.4 Å². The van der Waals surface area contributed by atoms with Crippen molar-refractivity contribution in [1.29, 1.82) is 0 Å². The highest BCUT2D eigenvalue weighted by molar-refractivity contribution is 9.10. The summed E-state index contributed by atoms with van der Waals surface area (Å²) in [4.78, 5) is 36.4. The first-order chi connectivity index (χ1) is 18.4. The third kappa shape index (κ3) is 5.99. The number of anilines is 1. The van der Waals surface area contributed by atoms with Crippen LogP contribution in [0.1, 0.15) is 40.4 Å². The number of amides is 2. The molecule has 2 aliphatic heterocycles. The molecule has 11 heteroatoms. The van der Waals surface area contributed by atoms with E-state index in [9.17, 15) is 14.7 Å². The van der Waals surface area contributed by atoms with Gasteiger partial charge in [-0.3, -0.25) is 9.59 Å². The Hall–Kier alpha value is -3.05. The molecule has 2 amide bonds. The standard InChI is InChI=1S/C27H27BrClN5O4/c28-19-5-3-16(4-6-19)23(15-35)32-24(36)14-34-13-18-2-1-17(11-21(18)26(34)37)25-22(29)12-30-27(33-25)31-20-7-9-38-10-8-20/h1-6,11-12,20,23,35H,7-10,13-15H2,(H,32,36)(H,30,31,33). The Kier molecular flexibility index (Phi) is 8.23. The van der Waals surface area contributed by atoms with E-state index in [1.165, 1.54) is 4.90 Å². The van der Waals surface area contributed by atoms with E-state index in [0.29, 0.717) is 47.6 Å². The van der Waals surface area contributed by atoms with E-state index in [1.807, 2.05) is 36.4 Å². The van der Waals surface area contributed by atoms with Crippen LogP contribution in [-0.2, 0) is 16.1 Å². The molecule has 2 aliphatic rings. The highest BCUT2D eigenvalue weighted by Crippen LogP contribution is 2.31. The smallest absolute Gasteiger partial charge is 0.254 e. The van der Waals surface area contributed by atoms with E-state index < -0.39 is 6.04 Å². The Morgan fingerprint density at radius 2 is 1.97 bits per heavy atom. The van der Waals surface area contributed by atoms with Crippen LogP contribution in [0, 0.1) is 0 Å². The molecular formula is C27H27BrClN5O4. The zero-order valence-corrected chi connectivity index (χ0v) is 22.8. The molecule has 0 aliphatic carbocycles. The Morgan fingerprint density at radius 1 is 1.21 bits per heavy atom. The molecule has 5 rings (SSSR count). The van der Waals surface area contributed by atoms with Gasteiger partial charge in [-0.15, -0.1) is 0 Å². The van der Waals surface area contributed by atoms with Crippen molar-refractivity contribution < 1.29 is 19.4 Å². The van der Waals surface area contributed by atoms with E-state index in [0.717, 1.165) is 28.4 Å². The maximum absolute atomic E-state index is 13.2. The van der Waals surface area contributed by atoms with Gasteiger partial charge in [0.25, 0.3) is 5.91 Å². The lowest BCUT2D eigenvalue weighted by Gasteiger charge is -2.23. The fourth-order valence-electron chi connectivity index (χ4n) is 4.64. The highest BCUT2D eigenvalue weighted by atomic mass is 79.9. The molecule has 38 heavy (non-hydrogen) atoms. The number of carbonyl (C=O) groups excluding carboxylic acids is 2. The number of aliphatic hydroxyl groups excluding tert-OH is 1. The topological polar surface area (TPSA) is 117 Å². The average molecular weight is 601 g/mol. The van der Waals surface area contributed by atoms with Crippen LogP contribution < -0.4 is 10.6 Å². The van der Waals surface area contributed by atoms with Gasteiger partial charge in [0.15, 0.2) is 0 Å². The summed E-state index contributed by atoms with van der Waals surface area (Å²) in [7, 11) is 0. The van der Waals surface area contributed by atoms with Gasteiger partial charge in [-0.25, -0.2) is 9.97 Å². The second-order valence-corrected chi connectivity index (χ2v) is 10.6. The number of carbonyl (C=O) groups is 2. The number of fused-ring (bicyclic) bond motifs is 1. The molecule has 1 aromatic heterocycles. The number of hydrogen-bond donors (Lipinski definition) is 3. The van der Waals surface area contributed by atoms with Crippen molar-refractivity contribution in [3.05, 3.63) is 74.8 Å². The minimum atomic E-state index is -0.564.